The number of hydrogen-bond donors (Lipinski definition) is 1. The van der Waals surface area contributed by atoms with Crippen LogP contribution in [0, 0.1) is 5.82 Å². The Morgan fingerprint density at radius 1 is 1.24 bits per heavy atom. The molecule has 21 heavy (non-hydrogen) atoms. The molecule has 0 fully saturated rings. The predicted molar refractivity (Wildman–Crippen MR) is 89.6 cm³/mol. The highest BCUT2D eigenvalue weighted by Crippen LogP contribution is 2.17. The van der Waals surface area contributed by atoms with Gasteiger partial charge >= 0.3 is 0 Å². The van der Waals surface area contributed by atoms with E-state index in [0.29, 0.717) is 6.04 Å². The Bertz CT molecular complexity index is 408. The van der Waals surface area contributed by atoms with Crippen LogP contribution in [0.25, 0.3) is 0 Å². The second-order valence-electron chi connectivity index (χ2n) is 5.42. The molecular formula is C17H28ClFN2. The van der Waals surface area contributed by atoms with Crippen LogP contribution >= 0.6 is 11.6 Å². The first-order valence-electron chi connectivity index (χ1n) is 8.00. The van der Waals surface area contributed by atoms with E-state index in [4.69, 9.17) is 11.6 Å². The normalized spacial score (nSPS) is 12.9. The van der Waals surface area contributed by atoms with Crippen LogP contribution in [0.1, 0.15) is 39.2 Å². The van der Waals surface area contributed by atoms with Gasteiger partial charge in [0.05, 0.1) is 5.02 Å². The summed E-state index contributed by atoms with van der Waals surface area (Å²) in [4.78, 5) is 2.42. The zero-order valence-electron chi connectivity index (χ0n) is 13.5. The number of hydrogen-bond acceptors (Lipinski definition) is 2. The topological polar surface area (TPSA) is 15.3 Å². The van der Waals surface area contributed by atoms with Crippen molar-refractivity contribution in [2.75, 3.05) is 26.2 Å². The number of halogens is 2. The Labute approximate surface area is 133 Å². The molecule has 0 bridgehead atoms. The maximum absolute atomic E-state index is 13.5. The number of nitrogens with one attached hydrogen (secondary N) is 1. The van der Waals surface area contributed by atoms with E-state index in [-0.39, 0.29) is 10.8 Å². The molecule has 4 heteroatoms. The van der Waals surface area contributed by atoms with Crippen LogP contribution in [0.4, 0.5) is 4.39 Å². The number of benzene rings is 1. The van der Waals surface area contributed by atoms with E-state index in [1.54, 1.807) is 12.1 Å². The molecule has 1 N–H and O–H groups in total. The van der Waals surface area contributed by atoms with Crippen LogP contribution in [0.3, 0.4) is 0 Å². The molecule has 2 nitrogen and oxygen atoms in total. The number of nitrogens with zero attached hydrogens (tertiary/aromatic N) is 1. The maximum Gasteiger partial charge on any atom is 0.142 e. The lowest BCUT2D eigenvalue weighted by molar-refractivity contribution is 0.280. The SMILES string of the molecule is CCCNC(CCN(CC)CC)Cc1ccc(Cl)c(F)c1. The van der Waals surface area contributed by atoms with Gasteiger partial charge in [-0.25, -0.2) is 4.39 Å². The molecule has 0 spiro atoms. The summed E-state index contributed by atoms with van der Waals surface area (Å²) in [5, 5.41) is 3.77. The molecule has 1 aromatic rings. The predicted octanol–water partition coefficient (Wildman–Crippen LogP) is 4.12. The highest BCUT2D eigenvalue weighted by Gasteiger charge is 2.12. The van der Waals surface area contributed by atoms with Crippen LogP contribution in [0.5, 0.6) is 0 Å². The molecule has 1 atom stereocenters. The minimum absolute atomic E-state index is 0.194. The fourth-order valence-electron chi connectivity index (χ4n) is 2.45. The van der Waals surface area contributed by atoms with Gasteiger partial charge in [-0.05, 0) is 63.1 Å². The molecule has 0 aromatic heterocycles. The van der Waals surface area contributed by atoms with Gasteiger partial charge in [0, 0.05) is 6.04 Å². The molecule has 0 amide bonds. The summed E-state index contributed by atoms with van der Waals surface area (Å²) < 4.78 is 13.5. The van der Waals surface area contributed by atoms with Crippen molar-refractivity contribution >= 4 is 11.6 Å². The summed E-state index contributed by atoms with van der Waals surface area (Å²) in [5.74, 6) is -0.327. The Morgan fingerprint density at radius 3 is 2.52 bits per heavy atom. The number of rotatable bonds is 10. The van der Waals surface area contributed by atoms with Gasteiger partial charge < -0.3 is 10.2 Å². The van der Waals surface area contributed by atoms with E-state index in [1.807, 2.05) is 6.07 Å². The molecule has 0 heterocycles. The molecule has 0 aliphatic heterocycles. The zero-order chi connectivity index (χ0) is 15.7. The highest BCUT2D eigenvalue weighted by molar-refractivity contribution is 6.30. The van der Waals surface area contributed by atoms with Crippen molar-refractivity contribution in [3.63, 3.8) is 0 Å². The van der Waals surface area contributed by atoms with Gasteiger partial charge in [0.2, 0.25) is 0 Å². The summed E-state index contributed by atoms with van der Waals surface area (Å²) in [6.07, 6.45) is 3.03. The summed E-state index contributed by atoms with van der Waals surface area (Å²) in [7, 11) is 0. The van der Waals surface area contributed by atoms with Gasteiger partial charge in [-0.2, -0.15) is 0 Å². The van der Waals surface area contributed by atoms with E-state index in [0.717, 1.165) is 51.0 Å². The lowest BCUT2D eigenvalue weighted by Gasteiger charge is -2.24. The van der Waals surface area contributed by atoms with Gasteiger partial charge in [0.25, 0.3) is 0 Å². The third kappa shape index (κ3) is 6.77. The van der Waals surface area contributed by atoms with Crippen molar-refractivity contribution in [2.45, 2.75) is 46.1 Å². The Hall–Kier alpha value is -0.640. The minimum Gasteiger partial charge on any atom is -0.314 e. The van der Waals surface area contributed by atoms with Crippen molar-refractivity contribution in [3.8, 4) is 0 Å². The fraction of sp³-hybridized carbons (Fsp3) is 0.647. The van der Waals surface area contributed by atoms with Crippen molar-refractivity contribution in [1.29, 1.82) is 0 Å². The van der Waals surface area contributed by atoms with E-state index < -0.39 is 0 Å². The summed E-state index contributed by atoms with van der Waals surface area (Å²) in [5.41, 5.74) is 1.00. The van der Waals surface area contributed by atoms with Gasteiger partial charge in [-0.3, -0.25) is 0 Å². The van der Waals surface area contributed by atoms with Crippen LogP contribution in [-0.2, 0) is 6.42 Å². The average Bonchev–Trinajstić information content (AvgIpc) is 2.49. The van der Waals surface area contributed by atoms with E-state index in [9.17, 15) is 4.39 Å². The molecular weight excluding hydrogens is 287 g/mol. The Balaban J connectivity index is 2.61. The third-order valence-electron chi connectivity index (χ3n) is 3.84. The van der Waals surface area contributed by atoms with Crippen LogP contribution in [0.2, 0.25) is 5.02 Å². The van der Waals surface area contributed by atoms with Gasteiger partial charge in [-0.15, -0.1) is 0 Å². The quantitative estimate of drug-likeness (QED) is 0.699. The first-order chi connectivity index (χ1) is 10.1. The minimum atomic E-state index is -0.327. The molecule has 120 valence electrons. The molecule has 0 saturated heterocycles. The third-order valence-corrected chi connectivity index (χ3v) is 4.14. The van der Waals surface area contributed by atoms with Gasteiger partial charge in [0.1, 0.15) is 5.82 Å². The molecule has 1 rings (SSSR count). The standard InChI is InChI=1S/C17H28ClFN2/c1-4-10-20-15(9-11-21(5-2)6-3)12-14-7-8-16(18)17(19)13-14/h7-8,13,15,20H,4-6,9-12H2,1-3H3. The largest absolute Gasteiger partial charge is 0.314 e. The van der Waals surface area contributed by atoms with E-state index in [1.165, 1.54) is 0 Å². The van der Waals surface area contributed by atoms with Crippen molar-refractivity contribution in [3.05, 3.63) is 34.6 Å². The monoisotopic (exact) mass is 314 g/mol. The van der Waals surface area contributed by atoms with Gasteiger partial charge in [-0.1, -0.05) is 38.4 Å². The van der Waals surface area contributed by atoms with Crippen molar-refractivity contribution < 1.29 is 4.39 Å². The second kappa shape index (κ2) is 10.1. The Kier molecular flexibility index (Phi) is 8.90. The lowest BCUT2D eigenvalue weighted by Crippen LogP contribution is -2.36. The highest BCUT2D eigenvalue weighted by atomic mass is 35.5. The molecule has 0 aliphatic carbocycles. The first kappa shape index (κ1) is 18.4. The Morgan fingerprint density at radius 2 is 1.95 bits per heavy atom. The maximum atomic E-state index is 13.5. The molecule has 1 aromatic carbocycles. The second-order valence-corrected chi connectivity index (χ2v) is 5.83. The van der Waals surface area contributed by atoms with Gasteiger partial charge in [0.15, 0.2) is 0 Å². The molecule has 1 unspecified atom stereocenters. The molecule has 0 aliphatic rings. The van der Waals surface area contributed by atoms with Crippen molar-refractivity contribution in [1.82, 2.24) is 10.2 Å². The first-order valence-corrected chi connectivity index (χ1v) is 8.38. The van der Waals surface area contributed by atoms with Crippen LogP contribution in [-0.4, -0.2) is 37.1 Å². The zero-order valence-corrected chi connectivity index (χ0v) is 14.2. The molecule has 0 radical (unpaired) electrons. The van der Waals surface area contributed by atoms with E-state index in [2.05, 4.69) is 31.0 Å². The average molecular weight is 315 g/mol. The van der Waals surface area contributed by atoms with E-state index >= 15 is 0 Å². The summed E-state index contributed by atoms with van der Waals surface area (Å²) in [6, 6.07) is 5.50. The van der Waals surface area contributed by atoms with Crippen molar-refractivity contribution in [2.24, 2.45) is 0 Å². The summed E-state index contributed by atoms with van der Waals surface area (Å²) >= 11 is 5.74. The molecule has 0 saturated carbocycles. The smallest absolute Gasteiger partial charge is 0.142 e. The lowest BCUT2D eigenvalue weighted by atomic mass is 10.0. The van der Waals surface area contributed by atoms with Crippen LogP contribution < -0.4 is 5.32 Å². The summed E-state index contributed by atoms with van der Waals surface area (Å²) in [6.45, 7) is 10.8. The fourth-order valence-corrected chi connectivity index (χ4v) is 2.57. The van der Waals surface area contributed by atoms with Crippen LogP contribution in [0.15, 0.2) is 18.2 Å².